The average molecular weight is 454 g/mol. The van der Waals surface area contributed by atoms with Crippen molar-refractivity contribution in [3.8, 4) is 0 Å². The Morgan fingerprint density at radius 2 is 1.46 bits per heavy atom. The highest BCUT2D eigenvalue weighted by Gasteiger charge is 2.37. The summed E-state index contributed by atoms with van der Waals surface area (Å²) < 4.78 is 102. The van der Waals surface area contributed by atoms with E-state index in [0.717, 1.165) is 11.3 Å². The lowest BCUT2D eigenvalue weighted by atomic mass is 10.1. The first-order chi connectivity index (χ1) is 10.8. The van der Waals surface area contributed by atoms with E-state index in [2.05, 4.69) is 15.9 Å². The van der Waals surface area contributed by atoms with E-state index in [1.807, 2.05) is 0 Å². The molecule has 0 bridgehead atoms. The van der Waals surface area contributed by atoms with Gasteiger partial charge in [-0.15, -0.1) is 11.3 Å². The molecule has 0 aliphatic heterocycles. The lowest BCUT2D eigenvalue weighted by Gasteiger charge is -2.15. The summed E-state index contributed by atoms with van der Waals surface area (Å²) in [7, 11) is -4.34. The van der Waals surface area contributed by atoms with Crippen LogP contribution in [0.15, 0.2) is 38.3 Å². The van der Waals surface area contributed by atoms with Crippen LogP contribution in [-0.2, 0) is 22.4 Å². The van der Waals surface area contributed by atoms with E-state index in [9.17, 15) is 34.8 Å². The largest absolute Gasteiger partial charge is 0.416 e. The normalized spacial score (nSPS) is 13.1. The number of rotatable bonds is 3. The highest BCUT2D eigenvalue weighted by Crippen LogP contribution is 2.38. The minimum atomic E-state index is -5.06. The summed E-state index contributed by atoms with van der Waals surface area (Å²) >= 11 is 3.69. The molecule has 1 aromatic heterocycles. The van der Waals surface area contributed by atoms with Gasteiger partial charge in [-0.05, 0) is 45.6 Å². The van der Waals surface area contributed by atoms with Gasteiger partial charge in [-0.1, -0.05) is 0 Å². The molecule has 1 heterocycles. The quantitative estimate of drug-likeness (QED) is 0.636. The number of halogens is 7. The predicted molar refractivity (Wildman–Crippen MR) is 79.3 cm³/mol. The number of hydrogen-bond acceptors (Lipinski definition) is 3. The first kappa shape index (κ1) is 19.1. The summed E-state index contributed by atoms with van der Waals surface area (Å²) in [5, 5.41) is 1.39. The Labute approximate surface area is 144 Å². The van der Waals surface area contributed by atoms with Crippen molar-refractivity contribution in [2.45, 2.75) is 16.6 Å². The van der Waals surface area contributed by atoms with Gasteiger partial charge < -0.3 is 0 Å². The van der Waals surface area contributed by atoms with E-state index in [1.54, 1.807) is 4.72 Å². The van der Waals surface area contributed by atoms with Crippen molar-refractivity contribution in [2.75, 3.05) is 4.72 Å². The molecule has 0 atom stereocenters. The number of nitrogens with one attached hydrogen (secondary N) is 1. The van der Waals surface area contributed by atoms with Crippen LogP contribution in [0.2, 0.25) is 0 Å². The third-order valence-corrected chi connectivity index (χ3v) is 6.72. The molecule has 1 aromatic carbocycles. The Hall–Kier alpha value is -1.27. The van der Waals surface area contributed by atoms with Gasteiger partial charge in [0.15, 0.2) is 4.21 Å². The molecule has 0 fully saturated rings. The number of hydrogen-bond donors (Lipinski definition) is 1. The van der Waals surface area contributed by atoms with Crippen LogP contribution in [0.25, 0.3) is 0 Å². The van der Waals surface area contributed by atoms with Crippen molar-refractivity contribution >= 4 is 43.0 Å². The van der Waals surface area contributed by atoms with E-state index in [1.165, 1.54) is 11.4 Å². The second-order valence-electron chi connectivity index (χ2n) is 4.46. The molecule has 0 amide bonds. The van der Waals surface area contributed by atoms with Gasteiger partial charge in [0.25, 0.3) is 10.0 Å². The van der Waals surface area contributed by atoms with Gasteiger partial charge in [-0.25, -0.2) is 8.42 Å². The fraction of sp³-hybridized carbons (Fsp3) is 0.167. The number of anilines is 1. The standard InChI is InChI=1S/C12H6BrF6NO2S2/c13-9-1-2-23-10(9)24(21,22)20-8-4-6(11(14,15)16)3-7(5-8)12(17,18)19/h1-5,20H. The summed E-state index contributed by atoms with van der Waals surface area (Å²) in [6.07, 6.45) is -10.1. The van der Waals surface area contributed by atoms with E-state index in [0.29, 0.717) is 12.1 Å². The molecule has 24 heavy (non-hydrogen) atoms. The van der Waals surface area contributed by atoms with Crippen molar-refractivity contribution in [1.29, 1.82) is 0 Å². The highest BCUT2D eigenvalue weighted by atomic mass is 79.9. The van der Waals surface area contributed by atoms with Crippen molar-refractivity contribution in [3.05, 3.63) is 45.2 Å². The van der Waals surface area contributed by atoms with Crippen molar-refractivity contribution in [3.63, 3.8) is 0 Å². The van der Waals surface area contributed by atoms with Gasteiger partial charge in [0, 0.05) is 4.47 Å². The summed E-state index contributed by atoms with van der Waals surface area (Å²) in [4.78, 5) is 0. The average Bonchev–Trinajstić information content (AvgIpc) is 2.83. The van der Waals surface area contributed by atoms with Crippen molar-refractivity contribution in [2.24, 2.45) is 0 Å². The third kappa shape index (κ3) is 4.22. The Balaban J connectivity index is 2.53. The summed E-state index contributed by atoms with van der Waals surface area (Å²) in [6.45, 7) is 0. The molecule has 1 N–H and O–H groups in total. The molecule has 0 saturated carbocycles. The van der Waals surface area contributed by atoms with Crippen LogP contribution >= 0.6 is 27.3 Å². The second-order valence-corrected chi connectivity index (χ2v) is 8.10. The Morgan fingerprint density at radius 3 is 1.83 bits per heavy atom. The number of thiophene rings is 1. The first-order valence-corrected chi connectivity index (χ1v) is 9.01. The Morgan fingerprint density at radius 1 is 0.958 bits per heavy atom. The van der Waals surface area contributed by atoms with Gasteiger partial charge >= 0.3 is 12.4 Å². The molecule has 2 aromatic rings. The van der Waals surface area contributed by atoms with Crippen LogP contribution in [0.5, 0.6) is 0 Å². The molecule has 132 valence electrons. The maximum atomic E-state index is 12.8. The number of benzene rings is 1. The highest BCUT2D eigenvalue weighted by molar-refractivity contribution is 9.10. The van der Waals surface area contributed by atoms with Crippen LogP contribution in [0.4, 0.5) is 32.0 Å². The maximum Gasteiger partial charge on any atom is 0.416 e. The minimum Gasteiger partial charge on any atom is -0.279 e. The van der Waals surface area contributed by atoms with Crippen LogP contribution in [-0.4, -0.2) is 8.42 Å². The number of sulfonamides is 1. The molecule has 0 aliphatic carbocycles. The van der Waals surface area contributed by atoms with Crippen LogP contribution in [0, 0.1) is 0 Å². The predicted octanol–water partition coefficient (Wildman–Crippen LogP) is 5.35. The van der Waals surface area contributed by atoms with Gasteiger partial charge in [-0.2, -0.15) is 26.3 Å². The monoisotopic (exact) mass is 453 g/mol. The van der Waals surface area contributed by atoms with Crippen LogP contribution in [0.3, 0.4) is 0 Å². The molecular weight excluding hydrogens is 448 g/mol. The third-order valence-electron chi connectivity index (χ3n) is 2.67. The van der Waals surface area contributed by atoms with Crippen LogP contribution < -0.4 is 4.72 Å². The summed E-state index contributed by atoms with van der Waals surface area (Å²) in [5.74, 6) is 0. The van der Waals surface area contributed by atoms with Crippen molar-refractivity contribution in [1.82, 2.24) is 0 Å². The van der Waals surface area contributed by atoms with E-state index >= 15 is 0 Å². The van der Waals surface area contributed by atoms with Gasteiger partial charge in [-0.3, -0.25) is 4.72 Å². The van der Waals surface area contributed by atoms with Crippen molar-refractivity contribution < 1.29 is 34.8 Å². The second kappa shape index (κ2) is 6.23. The zero-order valence-electron chi connectivity index (χ0n) is 11.2. The van der Waals surface area contributed by atoms with Gasteiger partial charge in [0.2, 0.25) is 0 Å². The molecule has 0 spiro atoms. The van der Waals surface area contributed by atoms with Gasteiger partial charge in [0.1, 0.15) is 0 Å². The molecule has 2 rings (SSSR count). The zero-order valence-corrected chi connectivity index (χ0v) is 14.4. The van der Waals surface area contributed by atoms with Crippen LogP contribution in [0.1, 0.15) is 11.1 Å². The molecule has 0 unspecified atom stereocenters. The lowest BCUT2D eigenvalue weighted by molar-refractivity contribution is -0.143. The molecule has 3 nitrogen and oxygen atoms in total. The fourth-order valence-corrected chi connectivity index (χ4v) is 5.07. The maximum absolute atomic E-state index is 12.8. The summed E-state index contributed by atoms with van der Waals surface area (Å²) in [5.41, 5.74) is -4.06. The van der Waals surface area contributed by atoms with E-state index in [-0.39, 0.29) is 14.7 Å². The van der Waals surface area contributed by atoms with E-state index < -0.39 is 39.2 Å². The number of alkyl halides is 6. The Bertz CT molecular complexity index is 825. The molecular formula is C12H6BrF6NO2S2. The molecule has 0 saturated heterocycles. The molecule has 12 heteroatoms. The Kier molecular flexibility index (Phi) is 4.94. The van der Waals surface area contributed by atoms with E-state index in [4.69, 9.17) is 0 Å². The SMILES string of the molecule is O=S(=O)(Nc1cc(C(F)(F)F)cc(C(F)(F)F)c1)c1sccc1Br. The smallest absolute Gasteiger partial charge is 0.279 e. The topological polar surface area (TPSA) is 46.2 Å². The minimum absolute atomic E-state index is 0.0845. The first-order valence-electron chi connectivity index (χ1n) is 5.86. The molecule has 0 aliphatic rings. The lowest BCUT2D eigenvalue weighted by Crippen LogP contribution is -2.16. The molecule has 0 radical (unpaired) electrons. The van der Waals surface area contributed by atoms with Gasteiger partial charge in [0.05, 0.1) is 16.8 Å². The summed E-state index contributed by atoms with van der Waals surface area (Å²) in [6, 6.07) is 1.90. The fourth-order valence-electron chi connectivity index (χ4n) is 1.69. The zero-order chi connectivity index (χ0) is 18.3.